The lowest BCUT2D eigenvalue weighted by Crippen LogP contribution is -2.23. The summed E-state index contributed by atoms with van der Waals surface area (Å²) in [6, 6.07) is 5.44. The van der Waals surface area contributed by atoms with Crippen molar-refractivity contribution >= 4 is 23.2 Å². The number of ether oxygens (including phenoxy) is 1. The van der Waals surface area contributed by atoms with E-state index in [1.807, 2.05) is 6.07 Å². The van der Waals surface area contributed by atoms with E-state index in [0.29, 0.717) is 16.5 Å². The zero-order chi connectivity index (χ0) is 13.7. The van der Waals surface area contributed by atoms with E-state index in [9.17, 15) is 4.79 Å². The summed E-state index contributed by atoms with van der Waals surface area (Å²) < 4.78 is 5.33. The van der Waals surface area contributed by atoms with Crippen molar-refractivity contribution in [3.8, 4) is 0 Å². The van der Waals surface area contributed by atoms with Crippen molar-refractivity contribution in [3.63, 3.8) is 0 Å². The first kappa shape index (κ1) is 14.2. The Balaban J connectivity index is 1.98. The summed E-state index contributed by atoms with van der Waals surface area (Å²) in [4.78, 5) is 11.7. The molecule has 0 unspecified atom stereocenters. The van der Waals surface area contributed by atoms with Crippen molar-refractivity contribution in [2.45, 2.75) is 12.8 Å². The fourth-order valence-corrected chi connectivity index (χ4v) is 2.36. The molecule has 1 saturated heterocycles. The lowest BCUT2D eigenvalue weighted by atomic mass is 10.0. The Hall–Kier alpha value is -1.26. The van der Waals surface area contributed by atoms with E-state index < -0.39 is 0 Å². The van der Waals surface area contributed by atoms with Gasteiger partial charge < -0.3 is 15.4 Å². The lowest BCUT2D eigenvalue weighted by molar-refractivity contribution is 0.0699. The van der Waals surface area contributed by atoms with Gasteiger partial charge in [0.25, 0.3) is 5.91 Å². The number of benzene rings is 1. The molecular formula is C14H19ClN2O2. The third-order valence-electron chi connectivity index (χ3n) is 3.37. The van der Waals surface area contributed by atoms with Crippen molar-refractivity contribution in [2.75, 3.05) is 32.1 Å². The van der Waals surface area contributed by atoms with Crippen LogP contribution in [0.15, 0.2) is 18.2 Å². The summed E-state index contributed by atoms with van der Waals surface area (Å²) in [7, 11) is 1.60. The molecule has 4 nitrogen and oxygen atoms in total. The normalized spacial score (nSPS) is 16.1. The molecule has 0 aliphatic carbocycles. The first-order valence-corrected chi connectivity index (χ1v) is 6.91. The third kappa shape index (κ3) is 3.85. The molecule has 5 heteroatoms. The van der Waals surface area contributed by atoms with Gasteiger partial charge in [0.1, 0.15) is 0 Å². The van der Waals surface area contributed by atoms with Crippen molar-refractivity contribution < 1.29 is 9.53 Å². The highest BCUT2D eigenvalue weighted by Gasteiger charge is 2.14. The Morgan fingerprint density at radius 2 is 2.16 bits per heavy atom. The van der Waals surface area contributed by atoms with E-state index in [2.05, 4.69) is 10.6 Å². The number of hydrogen-bond donors (Lipinski definition) is 2. The van der Waals surface area contributed by atoms with Crippen LogP contribution in [-0.4, -0.2) is 32.7 Å². The smallest absolute Gasteiger partial charge is 0.252 e. The molecule has 1 aliphatic heterocycles. The Bertz CT molecular complexity index is 445. The molecule has 1 amide bonds. The molecular weight excluding hydrogens is 264 g/mol. The summed E-state index contributed by atoms with van der Waals surface area (Å²) >= 11 is 6.01. The molecule has 1 aliphatic rings. The molecule has 0 bridgehead atoms. The molecule has 0 radical (unpaired) electrons. The van der Waals surface area contributed by atoms with Crippen LogP contribution in [0.4, 0.5) is 5.69 Å². The van der Waals surface area contributed by atoms with Crippen LogP contribution >= 0.6 is 11.6 Å². The molecule has 0 aromatic heterocycles. The quantitative estimate of drug-likeness (QED) is 0.892. The molecule has 2 rings (SSSR count). The minimum Gasteiger partial charge on any atom is -0.385 e. The second-order valence-electron chi connectivity index (χ2n) is 4.71. The van der Waals surface area contributed by atoms with Crippen LogP contribution in [0.5, 0.6) is 0 Å². The first-order valence-electron chi connectivity index (χ1n) is 6.54. The average Bonchev–Trinajstić information content (AvgIpc) is 2.46. The highest BCUT2D eigenvalue weighted by molar-refractivity contribution is 6.34. The number of nitrogens with one attached hydrogen (secondary N) is 2. The molecule has 0 saturated carbocycles. The van der Waals surface area contributed by atoms with E-state index in [0.717, 1.165) is 38.3 Å². The van der Waals surface area contributed by atoms with Crippen LogP contribution in [0, 0.1) is 5.92 Å². The van der Waals surface area contributed by atoms with E-state index in [-0.39, 0.29) is 5.91 Å². The van der Waals surface area contributed by atoms with Crippen LogP contribution in [0.3, 0.4) is 0 Å². The number of carbonyl (C=O) groups excluding carboxylic acids is 1. The zero-order valence-electron chi connectivity index (χ0n) is 11.0. The topological polar surface area (TPSA) is 50.4 Å². The highest BCUT2D eigenvalue weighted by atomic mass is 35.5. The van der Waals surface area contributed by atoms with Crippen LogP contribution in [-0.2, 0) is 4.74 Å². The van der Waals surface area contributed by atoms with Gasteiger partial charge in [0.2, 0.25) is 0 Å². The number of anilines is 1. The van der Waals surface area contributed by atoms with Gasteiger partial charge in [-0.25, -0.2) is 0 Å². The Morgan fingerprint density at radius 1 is 1.42 bits per heavy atom. The standard InChI is InChI=1S/C14H19ClN2O2/c1-16-14(18)12-8-11(2-3-13(12)15)17-9-10-4-6-19-7-5-10/h2-3,8,10,17H,4-7,9H2,1H3,(H,16,18). The molecule has 1 heterocycles. The molecule has 1 aromatic rings. The maximum Gasteiger partial charge on any atom is 0.252 e. The first-order chi connectivity index (χ1) is 9.20. The molecule has 0 spiro atoms. The molecule has 104 valence electrons. The average molecular weight is 283 g/mol. The summed E-state index contributed by atoms with van der Waals surface area (Å²) in [5, 5.41) is 6.42. The van der Waals surface area contributed by atoms with Gasteiger partial charge >= 0.3 is 0 Å². The second kappa shape index (κ2) is 6.78. The molecule has 1 aromatic carbocycles. The van der Waals surface area contributed by atoms with Gasteiger partial charge in [-0.1, -0.05) is 11.6 Å². The molecule has 1 fully saturated rings. The SMILES string of the molecule is CNC(=O)c1cc(NCC2CCOCC2)ccc1Cl. The summed E-state index contributed by atoms with van der Waals surface area (Å²) in [6.07, 6.45) is 2.17. The maximum atomic E-state index is 11.7. The predicted octanol–water partition coefficient (Wildman–Crippen LogP) is 2.54. The fraction of sp³-hybridized carbons (Fsp3) is 0.500. The van der Waals surface area contributed by atoms with E-state index in [1.54, 1.807) is 19.2 Å². The summed E-state index contributed by atoms with van der Waals surface area (Å²) in [5.41, 5.74) is 1.43. The highest BCUT2D eigenvalue weighted by Crippen LogP contribution is 2.22. The van der Waals surface area contributed by atoms with E-state index >= 15 is 0 Å². The largest absolute Gasteiger partial charge is 0.385 e. The van der Waals surface area contributed by atoms with Crippen molar-refractivity contribution in [1.29, 1.82) is 0 Å². The van der Waals surface area contributed by atoms with Crippen molar-refractivity contribution in [1.82, 2.24) is 5.32 Å². The number of amides is 1. The van der Waals surface area contributed by atoms with Gasteiger partial charge in [-0.05, 0) is 37.0 Å². The van der Waals surface area contributed by atoms with Crippen LogP contribution in [0.2, 0.25) is 5.02 Å². The third-order valence-corrected chi connectivity index (χ3v) is 3.70. The molecule has 0 atom stereocenters. The summed E-state index contributed by atoms with van der Waals surface area (Å²) in [5.74, 6) is 0.465. The molecule has 19 heavy (non-hydrogen) atoms. The monoisotopic (exact) mass is 282 g/mol. The maximum absolute atomic E-state index is 11.7. The van der Waals surface area contributed by atoms with Crippen LogP contribution in [0.1, 0.15) is 23.2 Å². The van der Waals surface area contributed by atoms with Gasteiger partial charge in [0.15, 0.2) is 0 Å². The van der Waals surface area contributed by atoms with Crippen LogP contribution in [0.25, 0.3) is 0 Å². The van der Waals surface area contributed by atoms with Gasteiger partial charge in [0, 0.05) is 32.5 Å². The van der Waals surface area contributed by atoms with Gasteiger partial charge in [-0.3, -0.25) is 4.79 Å². The second-order valence-corrected chi connectivity index (χ2v) is 5.12. The Kier molecular flexibility index (Phi) is 5.05. The lowest BCUT2D eigenvalue weighted by Gasteiger charge is -2.22. The predicted molar refractivity (Wildman–Crippen MR) is 76.9 cm³/mol. The van der Waals surface area contributed by atoms with Crippen molar-refractivity contribution in [2.24, 2.45) is 5.92 Å². The number of carbonyl (C=O) groups is 1. The summed E-state index contributed by atoms with van der Waals surface area (Å²) in [6.45, 7) is 2.59. The van der Waals surface area contributed by atoms with Crippen LogP contribution < -0.4 is 10.6 Å². The Morgan fingerprint density at radius 3 is 2.84 bits per heavy atom. The number of halogens is 1. The number of rotatable bonds is 4. The van der Waals surface area contributed by atoms with E-state index in [1.165, 1.54) is 0 Å². The van der Waals surface area contributed by atoms with Crippen molar-refractivity contribution in [3.05, 3.63) is 28.8 Å². The van der Waals surface area contributed by atoms with E-state index in [4.69, 9.17) is 16.3 Å². The van der Waals surface area contributed by atoms with Gasteiger partial charge in [-0.2, -0.15) is 0 Å². The van der Waals surface area contributed by atoms with Gasteiger partial charge in [-0.15, -0.1) is 0 Å². The minimum atomic E-state index is -0.167. The minimum absolute atomic E-state index is 0.167. The number of hydrogen-bond acceptors (Lipinski definition) is 3. The zero-order valence-corrected chi connectivity index (χ0v) is 11.8. The Labute approximate surface area is 118 Å². The van der Waals surface area contributed by atoms with Gasteiger partial charge in [0.05, 0.1) is 10.6 Å². The molecule has 2 N–H and O–H groups in total. The fourth-order valence-electron chi connectivity index (χ4n) is 2.16.